The molecule has 3 N–H and O–H groups in total. The number of anilines is 1. The molecule has 1 saturated heterocycles. The third-order valence-electron chi connectivity index (χ3n) is 3.94. The van der Waals surface area contributed by atoms with Gasteiger partial charge in [-0.2, -0.15) is 0 Å². The Morgan fingerprint density at radius 1 is 1.42 bits per heavy atom. The molecule has 1 amide bonds. The molecule has 1 aromatic rings. The number of nitrogens with zero attached hydrogens (tertiary/aromatic N) is 1. The van der Waals surface area contributed by atoms with Crippen LogP contribution in [0, 0.1) is 17.0 Å². The van der Waals surface area contributed by atoms with Crippen molar-refractivity contribution in [3.63, 3.8) is 0 Å². The minimum atomic E-state index is -0.383. The lowest BCUT2D eigenvalue weighted by molar-refractivity contribution is -0.384. The molecular weight excluding hydrogens is 332 g/mol. The van der Waals surface area contributed by atoms with E-state index in [-0.39, 0.29) is 28.9 Å². The fourth-order valence-corrected chi connectivity index (χ4v) is 2.71. The van der Waals surface area contributed by atoms with E-state index in [1.54, 1.807) is 12.1 Å². The Balaban J connectivity index is 0.00000288. The van der Waals surface area contributed by atoms with Gasteiger partial charge in [-0.15, -0.1) is 12.4 Å². The predicted octanol–water partition coefficient (Wildman–Crippen LogP) is 2.39. The highest BCUT2D eigenvalue weighted by molar-refractivity contribution is 5.85. The molecule has 7 nitrogen and oxygen atoms in total. The first kappa shape index (κ1) is 20.2. The number of hydrogen-bond acceptors (Lipinski definition) is 5. The van der Waals surface area contributed by atoms with Gasteiger partial charge in [0.15, 0.2) is 0 Å². The van der Waals surface area contributed by atoms with E-state index < -0.39 is 0 Å². The van der Waals surface area contributed by atoms with Crippen LogP contribution in [0.5, 0.6) is 0 Å². The molecule has 1 unspecified atom stereocenters. The first-order chi connectivity index (χ1) is 11.1. The minimum absolute atomic E-state index is 0. The van der Waals surface area contributed by atoms with Crippen LogP contribution in [0.3, 0.4) is 0 Å². The molecule has 1 aromatic carbocycles. The van der Waals surface area contributed by atoms with Crippen molar-refractivity contribution < 1.29 is 9.72 Å². The van der Waals surface area contributed by atoms with Crippen LogP contribution in [0.4, 0.5) is 11.4 Å². The summed E-state index contributed by atoms with van der Waals surface area (Å²) in [6.07, 6.45) is 3.44. The van der Waals surface area contributed by atoms with E-state index in [0.717, 1.165) is 31.4 Å². The number of carbonyl (C=O) groups excluding carboxylic acids is 1. The molecule has 0 radical (unpaired) electrons. The molecule has 8 heteroatoms. The Kier molecular flexibility index (Phi) is 8.49. The van der Waals surface area contributed by atoms with Crippen LogP contribution in [-0.4, -0.2) is 36.5 Å². The van der Waals surface area contributed by atoms with Crippen LogP contribution in [0.15, 0.2) is 18.2 Å². The zero-order valence-electron chi connectivity index (χ0n) is 13.8. The molecule has 0 bridgehead atoms. The first-order valence-corrected chi connectivity index (χ1v) is 8.05. The number of nitrogens with one attached hydrogen (secondary N) is 3. The third-order valence-corrected chi connectivity index (χ3v) is 3.94. The number of carbonyl (C=O) groups is 1. The minimum Gasteiger partial charge on any atom is -0.379 e. The van der Waals surface area contributed by atoms with Crippen molar-refractivity contribution in [3.8, 4) is 0 Å². The van der Waals surface area contributed by atoms with Crippen molar-refractivity contribution in [2.45, 2.75) is 38.6 Å². The van der Waals surface area contributed by atoms with Crippen molar-refractivity contribution in [1.29, 1.82) is 0 Å². The summed E-state index contributed by atoms with van der Waals surface area (Å²) in [6, 6.07) is 5.42. The molecule has 2 rings (SSSR count). The molecule has 1 aliphatic rings. The maximum Gasteiger partial charge on any atom is 0.292 e. The van der Waals surface area contributed by atoms with Crippen LogP contribution >= 0.6 is 12.4 Å². The van der Waals surface area contributed by atoms with Gasteiger partial charge in [0.05, 0.1) is 4.92 Å². The van der Waals surface area contributed by atoms with E-state index in [9.17, 15) is 14.9 Å². The van der Waals surface area contributed by atoms with Crippen molar-refractivity contribution in [1.82, 2.24) is 10.6 Å². The number of nitro groups is 1. The maximum absolute atomic E-state index is 11.8. The molecule has 1 fully saturated rings. The average Bonchev–Trinajstić information content (AvgIpc) is 3.00. The number of aryl methyl sites for hydroxylation is 1. The molecule has 134 valence electrons. The van der Waals surface area contributed by atoms with E-state index in [2.05, 4.69) is 16.0 Å². The van der Waals surface area contributed by atoms with Crippen LogP contribution < -0.4 is 16.0 Å². The molecule has 0 saturated carbocycles. The lowest BCUT2D eigenvalue weighted by Gasteiger charge is -2.11. The second-order valence-electron chi connectivity index (χ2n) is 5.91. The number of halogens is 1. The van der Waals surface area contributed by atoms with E-state index in [1.165, 1.54) is 0 Å². The average molecular weight is 357 g/mol. The second kappa shape index (κ2) is 10.1. The number of rotatable bonds is 8. The van der Waals surface area contributed by atoms with Gasteiger partial charge in [0.1, 0.15) is 5.69 Å². The van der Waals surface area contributed by atoms with Crippen LogP contribution in [0.1, 0.15) is 31.2 Å². The van der Waals surface area contributed by atoms with Gasteiger partial charge in [-0.1, -0.05) is 6.07 Å². The summed E-state index contributed by atoms with van der Waals surface area (Å²) in [5.74, 6) is 0.0608. The van der Waals surface area contributed by atoms with Crippen molar-refractivity contribution in [3.05, 3.63) is 33.9 Å². The molecule has 24 heavy (non-hydrogen) atoms. The van der Waals surface area contributed by atoms with Gasteiger partial charge in [-0.05, 0) is 44.4 Å². The summed E-state index contributed by atoms with van der Waals surface area (Å²) < 4.78 is 0. The van der Waals surface area contributed by atoms with E-state index >= 15 is 0 Å². The van der Waals surface area contributed by atoms with Crippen molar-refractivity contribution in [2.24, 2.45) is 0 Å². The molecular formula is C16H25ClN4O3. The standard InChI is InChI=1S/C16H24N4O3.ClH/c1-12-5-6-14(15(10-12)20(22)23)18-8-3-9-19-16(21)11-13-4-2-7-17-13;/h5-6,10,13,17-18H,2-4,7-9,11H2,1H3,(H,19,21);1H. The van der Waals surface area contributed by atoms with Crippen LogP contribution in [0.25, 0.3) is 0 Å². The Labute approximate surface area is 148 Å². The maximum atomic E-state index is 11.8. The highest BCUT2D eigenvalue weighted by Crippen LogP contribution is 2.25. The number of hydrogen-bond donors (Lipinski definition) is 3. The van der Waals surface area contributed by atoms with Gasteiger partial charge >= 0.3 is 0 Å². The predicted molar refractivity (Wildman–Crippen MR) is 96.8 cm³/mol. The topological polar surface area (TPSA) is 96.3 Å². The molecule has 0 aliphatic carbocycles. The lowest BCUT2D eigenvalue weighted by atomic mass is 10.1. The van der Waals surface area contributed by atoms with Gasteiger partial charge in [-0.25, -0.2) is 0 Å². The largest absolute Gasteiger partial charge is 0.379 e. The Morgan fingerprint density at radius 2 is 2.21 bits per heavy atom. The third kappa shape index (κ3) is 6.33. The number of amides is 1. The summed E-state index contributed by atoms with van der Waals surface area (Å²) in [4.78, 5) is 22.4. The zero-order valence-corrected chi connectivity index (χ0v) is 14.7. The van der Waals surface area contributed by atoms with Crippen molar-refractivity contribution in [2.75, 3.05) is 25.0 Å². The smallest absolute Gasteiger partial charge is 0.292 e. The Hall–Kier alpha value is -1.86. The monoisotopic (exact) mass is 356 g/mol. The van der Waals surface area contributed by atoms with Crippen LogP contribution in [-0.2, 0) is 4.79 Å². The fraction of sp³-hybridized carbons (Fsp3) is 0.562. The summed E-state index contributed by atoms with van der Waals surface area (Å²) in [7, 11) is 0. The normalized spacial score (nSPS) is 16.3. The van der Waals surface area contributed by atoms with Crippen LogP contribution in [0.2, 0.25) is 0 Å². The van der Waals surface area contributed by atoms with E-state index in [1.807, 2.05) is 13.0 Å². The molecule has 0 aromatic heterocycles. The van der Waals surface area contributed by atoms with Gasteiger partial charge < -0.3 is 16.0 Å². The highest BCUT2D eigenvalue weighted by atomic mass is 35.5. The Bertz CT molecular complexity index is 562. The second-order valence-corrected chi connectivity index (χ2v) is 5.91. The van der Waals surface area contributed by atoms with Gasteiger partial charge in [0.2, 0.25) is 5.91 Å². The molecule has 1 aliphatic heterocycles. The SMILES string of the molecule is Cc1ccc(NCCCNC(=O)CC2CCCN2)c([N+](=O)[O-])c1.Cl. The summed E-state index contributed by atoms with van der Waals surface area (Å²) in [6.45, 7) is 3.97. The Morgan fingerprint density at radius 3 is 2.88 bits per heavy atom. The van der Waals surface area contributed by atoms with Crippen molar-refractivity contribution >= 4 is 29.7 Å². The van der Waals surface area contributed by atoms with E-state index in [4.69, 9.17) is 0 Å². The fourth-order valence-electron chi connectivity index (χ4n) is 2.71. The van der Waals surface area contributed by atoms with E-state index in [0.29, 0.717) is 31.2 Å². The van der Waals surface area contributed by atoms with Gasteiger partial charge in [0.25, 0.3) is 5.69 Å². The first-order valence-electron chi connectivity index (χ1n) is 8.05. The molecule has 0 spiro atoms. The number of nitro benzene ring substituents is 1. The van der Waals surface area contributed by atoms with Gasteiger partial charge in [-0.3, -0.25) is 14.9 Å². The summed E-state index contributed by atoms with van der Waals surface area (Å²) in [5.41, 5.74) is 1.46. The summed E-state index contributed by atoms with van der Waals surface area (Å²) in [5, 5.41) is 20.3. The number of benzene rings is 1. The summed E-state index contributed by atoms with van der Waals surface area (Å²) >= 11 is 0. The highest BCUT2D eigenvalue weighted by Gasteiger charge is 2.17. The lowest BCUT2D eigenvalue weighted by Crippen LogP contribution is -2.32. The molecule has 1 atom stereocenters. The zero-order chi connectivity index (χ0) is 16.7. The van der Waals surface area contributed by atoms with Gasteiger partial charge in [0, 0.05) is 31.6 Å². The quantitative estimate of drug-likeness (QED) is 0.377. The molecule has 1 heterocycles.